The summed E-state index contributed by atoms with van der Waals surface area (Å²) in [4.78, 5) is 16.9. The van der Waals surface area contributed by atoms with Crippen molar-refractivity contribution >= 4 is 5.78 Å². The molecule has 0 radical (unpaired) electrons. The Hall–Kier alpha value is -1.13. The maximum absolute atomic E-state index is 12.1. The van der Waals surface area contributed by atoms with E-state index in [1.165, 1.54) is 0 Å². The molecule has 16 heavy (non-hydrogen) atoms. The summed E-state index contributed by atoms with van der Waals surface area (Å²) in [6, 6.07) is 1.98. The first kappa shape index (κ1) is 10.1. The minimum Gasteiger partial charge on any atom is -0.472 e. The molecule has 4 heterocycles. The molecule has 0 N–H and O–H groups in total. The van der Waals surface area contributed by atoms with Gasteiger partial charge in [0.15, 0.2) is 5.78 Å². The number of hydrogen-bond acceptors (Lipinski definition) is 4. The SMILES string of the molecule is O=C(Cc1ccoc1)C1CN2CCN1CC2. The number of fused-ring (bicyclic) bond motifs is 3. The van der Waals surface area contributed by atoms with E-state index in [0.29, 0.717) is 12.2 Å². The summed E-state index contributed by atoms with van der Waals surface area (Å²) in [6.45, 7) is 5.24. The van der Waals surface area contributed by atoms with Gasteiger partial charge in [-0.1, -0.05) is 0 Å². The maximum atomic E-state index is 12.1. The fraction of sp³-hybridized carbons (Fsp3) is 0.583. The van der Waals surface area contributed by atoms with E-state index in [1.807, 2.05) is 6.07 Å². The van der Waals surface area contributed by atoms with E-state index < -0.39 is 0 Å². The molecule has 0 spiro atoms. The van der Waals surface area contributed by atoms with Crippen LogP contribution in [0.3, 0.4) is 0 Å². The van der Waals surface area contributed by atoms with E-state index in [0.717, 1.165) is 38.3 Å². The van der Waals surface area contributed by atoms with Crippen molar-refractivity contribution in [1.29, 1.82) is 0 Å². The van der Waals surface area contributed by atoms with Gasteiger partial charge >= 0.3 is 0 Å². The van der Waals surface area contributed by atoms with Gasteiger partial charge in [-0.05, 0) is 11.6 Å². The molecule has 4 rings (SSSR count). The standard InChI is InChI=1S/C12H16N2O2/c15-12(7-10-1-6-16-9-10)11-8-13-2-4-14(11)5-3-13/h1,6,9,11H,2-5,7-8H2. The lowest BCUT2D eigenvalue weighted by Crippen LogP contribution is -2.63. The largest absolute Gasteiger partial charge is 0.472 e. The van der Waals surface area contributed by atoms with Crippen LogP contribution in [0.4, 0.5) is 0 Å². The highest BCUT2D eigenvalue weighted by molar-refractivity contribution is 5.86. The second kappa shape index (κ2) is 4.03. The van der Waals surface area contributed by atoms with Gasteiger partial charge in [-0.3, -0.25) is 14.6 Å². The first-order chi connectivity index (χ1) is 7.83. The normalized spacial score (nSPS) is 32.9. The lowest BCUT2D eigenvalue weighted by molar-refractivity contribution is -0.128. The number of hydrogen-bond donors (Lipinski definition) is 0. The molecule has 86 valence electrons. The van der Waals surface area contributed by atoms with Crippen molar-refractivity contribution in [2.24, 2.45) is 0 Å². The highest BCUT2D eigenvalue weighted by Gasteiger charge is 2.35. The van der Waals surface area contributed by atoms with Crippen molar-refractivity contribution in [1.82, 2.24) is 9.80 Å². The molecule has 4 heteroatoms. The predicted octanol–water partition coefficient (Wildman–Crippen LogP) is 0.391. The van der Waals surface area contributed by atoms with E-state index in [1.54, 1.807) is 12.5 Å². The van der Waals surface area contributed by atoms with Crippen LogP contribution >= 0.6 is 0 Å². The monoisotopic (exact) mass is 220 g/mol. The summed E-state index contributed by atoms with van der Waals surface area (Å²) in [5.74, 6) is 0.325. The van der Waals surface area contributed by atoms with E-state index in [-0.39, 0.29) is 6.04 Å². The van der Waals surface area contributed by atoms with Crippen LogP contribution < -0.4 is 0 Å². The number of piperazine rings is 3. The molecule has 1 aromatic rings. The Morgan fingerprint density at radius 1 is 1.38 bits per heavy atom. The van der Waals surface area contributed by atoms with Gasteiger partial charge in [0.05, 0.1) is 18.6 Å². The topological polar surface area (TPSA) is 36.7 Å². The maximum Gasteiger partial charge on any atom is 0.155 e. The van der Waals surface area contributed by atoms with Crippen molar-refractivity contribution in [3.05, 3.63) is 24.2 Å². The molecule has 3 saturated heterocycles. The van der Waals surface area contributed by atoms with E-state index in [2.05, 4.69) is 9.80 Å². The molecule has 0 amide bonds. The first-order valence-electron chi connectivity index (χ1n) is 5.83. The average Bonchev–Trinajstić information content (AvgIpc) is 2.83. The van der Waals surface area contributed by atoms with Crippen molar-refractivity contribution < 1.29 is 9.21 Å². The molecule has 2 bridgehead atoms. The number of nitrogens with zero attached hydrogens (tertiary/aromatic N) is 2. The molecule has 3 aliphatic heterocycles. The Balaban J connectivity index is 1.67. The highest BCUT2D eigenvalue weighted by Crippen LogP contribution is 2.17. The second-order valence-corrected chi connectivity index (χ2v) is 4.63. The fourth-order valence-corrected chi connectivity index (χ4v) is 2.64. The zero-order valence-electron chi connectivity index (χ0n) is 9.26. The number of carbonyl (C=O) groups excluding carboxylic acids is 1. The summed E-state index contributed by atoms with van der Waals surface area (Å²) in [7, 11) is 0. The third-order valence-corrected chi connectivity index (χ3v) is 3.61. The Morgan fingerprint density at radius 2 is 2.19 bits per heavy atom. The molecule has 3 fully saturated rings. The number of carbonyl (C=O) groups is 1. The van der Waals surface area contributed by atoms with Crippen LogP contribution in [-0.4, -0.2) is 54.3 Å². The number of ketones is 1. The first-order valence-corrected chi connectivity index (χ1v) is 5.83. The summed E-state index contributed by atoms with van der Waals surface area (Å²) in [5.41, 5.74) is 0.989. The minimum atomic E-state index is 0.109. The smallest absolute Gasteiger partial charge is 0.155 e. The number of furan rings is 1. The van der Waals surface area contributed by atoms with Gasteiger partial charge in [-0.2, -0.15) is 0 Å². The van der Waals surface area contributed by atoms with Gasteiger partial charge in [0.1, 0.15) is 0 Å². The third kappa shape index (κ3) is 1.79. The quantitative estimate of drug-likeness (QED) is 0.738. The van der Waals surface area contributed by atoms with Gasteiger partial charge in [-0.15, -0.1) is 0 Å². The Morgan fingerprint density at radius 3 is 2.75 bits per heavy atom. The van der Waals surface area contributed by atoms with Crippen LogP contribution in [0.15, 0.2) is 23.0 Å². The fourth-order valence-electron chi connectivity index (χ4n) is 2.64. The predicted molar refractivity (Wildman–Crippen MR) is 59.2 cm³/mol. The lowest BCUT2D eigenvalue weighted by atomic mass is 9.99. The van der Waals surface area contributed by atoms with Gasteiger partial charge < -0.3 is 4.42 Å². The van der Waals surface area contributed by atoms with E-state index in [4.69, 9.17) is 4.42 Å². The minimum absolute atomic E-state index is 0.109. The molecule has 1 atom stereocenters. The van der Waals surface area contributed by atoms with Crippen LogP contribution in [-0.2, 0) is 11.2 Å². The molecule has 1 unspecified atom stereocenters. The number of rotatable bonds is 3. The highest BCUT2D eigenvalue weighted by atomic mass is 16.3. The molecule has 0 aliphatic carbocycles. The Labute approximate surface area is 94.8 Å². The molecule has 3 aliphatic rings. The molecular formula is C12H16N2O2. The summed E-state index contributed by atoms with van der Waals surface area (Å²) < 4.78 is 4.99. The van der Waals surface area contributed by atoms with Crippen LogP contribution in [0, 0.1) is 0 Å². The zero-order chi connectivity index (χ0) is 11.0. The van der Waals surface area contributed by atoms with Crippen LogP contribution in [0.5, 0.6) is 0 Å². The molecular weight excluding hydrogens is 204 g/mol. The van der Waals surface area contributed by atoms with Crippen LogP contribution in [0.25, 0.3) is 0 Å². The van der Waals surface area contributed by atoms with Crippen molar-refractivity contribution in [3.8, 4) is 0 Å². The van der Waals surface area contributed by atoms with Crippen molar-refractivity contribution in [2.45, 2.75) is 12.5 Å². The summed E-state index contributed by atoms with van der Waals surface area (Å²) in [5, 5.41) is 0. The molecule has 0 saturated carbocycles. The molecule has 0 aromatic carbocycles. The zero-order valence-corrected chi connectivity index (χ0v) is 9.26. The summed E-state index contributed by atoms with van der Waals surface area (Å²) >= 11 is 0. The Bertz CT molecular complexity index is 366. The van der Waals surface area contributed by atoms with Crippen molar-refractivity contribution in [2.75, 3.05) is 32.7 Å². The van der Waals surface area contributed by atoms with E-state index >= 15 is 0 Å². The summed E-state index contributed by atoms with van der Waals surface area (Å²) in [6.07, 6.45) is 3.79. The molecule has 4 nitrogen and oxygen atoms in total. The van der Waals surface area contributed by atoms with Crippen LogP contribution in [0.1, 0.15) is 5.56 Å². The second-order valence-electron chi connectivity index (χ2n) is 4.63. The molecule has 1 aromatic heterocycles. The Kier molecular flexibility index (Phi) is 2.53. The van der Waals surface area contributed by atoms with Gasteiger partial charge in [0.25, 0.3) is 0 Å². The van der Waals surface area contributed by atoms with Gasteiger partial charge in [0.2, 0.25) is 0 Å². The van der Waals surface area contributed by atoms with Crippen molar-refractivity contribution in [3.63, 3.8) is 0 Å². The van der Waals surface area contributed by atoms with Crippen LogP contribution in [0.2, 0.25) is 0 Å². The number of Topliss-reactive ketones (excluding diaryl/α,β-unsaturated/α-hetero) is 1. The average molecular weight is 220 g/mol. The third-order valence-electron chi connectivity index (χ3n) is 3.61. The lowest BCUT2D eigenvalue weighted by Gasteiger charge is -2.46. The van der Waals surface area contributed by atoms with E-state index in [9.17, 15) is 4.79 Å². The van der Waals surface area contributed by atoms with Gasteiger partial charge in [-0.25, -0.2) is 0 Å². The van der Waals surface area contributed by atoms with Gasteiger partial charge in [0, 0.05) is 39.1 Å².